The van der Waals surface area contributed by atoms with Crippen molar-refractivity contribution < 1.29 is 23.7 Å². The van der Waals surface area contributed by atoms with Crippen molar-refractivity contribution in [3.8, 4) is 0 Å². The van der Waals surface area contributed by atoms with E-state index in [0.29, 0.717) is 19.4 Å². The van der Waals surface area contributed by atoms with Gasteiger partial charge in [-0.15, -0.1) is 0 Å². The van der Waals surface area contributed by atoms with Crippen molar-refractivity contribution in [2.45, 2.75) is 44.2 Å². The molecule has 2 aromatic carbocycles. The van der Waals surface area contributed by atoms with Crippen LogP contribution in [0.15, 0.2) is 59.8 Å². The van der Waals surface area contributed by atoms with Crippen LogP contribution in [0.3, 0.4) is 0 Å². The molecule has 0 saturated heterocycles. The molecule has 0 aliphatic heterocycles. The minimum absolute atomic E-state index is 0.140. The SMILES string of the molecule is C/C(=N\OCc1ccc([C@@H]2CC[C@](N)(COP(=O)(O)O)C2)cc1)c1ccccc1. The van der Waals surface area contributed by atoms with Gasteiger partial charge in [0.15, 0.2) is 0 Å². The van der Waals surface area contributed by atoms with E-state index in [9.17, 15) is 4.57 Å². The van der Waals surface area contributed by atoms with Crippen molar-refractivity contribution in [2.24, 2.45) is 10.9 Å². The van der Waals surface area contributed by atoms with Gasteiger partial charge in [0.25, 0.3) is 0 Å². The number of hydrogen-bond acceptors (Lipinski definition) is 5. The molecule has 1 aliphatic rings. The van der Waals surface area contributed by atoms with E-state index < -0.39 is 13.4 Å². The van der Waals surface area contributed by atoms with E-state index in [-0.39, 0.29) is 12.5 Å². The van der Waals surface area contributed by atoms with Gasteiger partial charge in [-0.05, 0) is 48.8 Å². The molecule has 4 N–H and O–H groups in total. The molecule has 0 aromatic heterocycles. The van der Waals surface area contributed by atoms with Gasteiger partial charge in [-0.25, -0.2) is 4.57 Å². The Bertz CT molecular complexity index is 882. The van der Waals surface area contributed by atoms with Gasteiger partial charge in [-0.1, -0.05) is 59.8 Å². The number of rotatable bonds is 8. The molecule has 1 aliphatic carbocycles. The number of phosphoric ester groups is 1. The lowest BCUT2D eigenvalue weighted by Crippen LogP contribution is -2.41. The molecular weight excluding hydrogens is 391 g/mol. The lowest BCUT2D eigenvalue weighted by atomic mass is 9.93. The molecule has 0 heterocycles. The second-order valence-electron chi connectivity index (χ2n) is 7.62. The van der Waals surface area contributed by atoms with Crippen LogP contribution >= 0.6 is 7.82 Å². The second kappa shape index (κ2) is 9.20. The maximum Gasteiger partial charge on any atom is 0.469 e. The summed E-state index contributed by atoms with van der Waals surface area (Å²) in [5.74, 6) is 0.244. The predicted molar refractivity (Wildman–Crippen MR) is 111 cm³/mol. The maximum absolute atomic E-state index is 10.9. The third-order valence-electron chi connectivity index (χ3n) is 5.24. The molecule has 0 bridgehead atoms. The number of oxime groups is 1. The lowest BCUT2D eigenvalue weighted by Gasteiger charge is -2.24. The highest BCUT2D eigenvalue weighted by atomic mass is 31.2. The van der Waals surface area contributed by atoms with Gasteiger partial charge in [0.05, 0.1) is 12.3 Å². The maximum atomic E-state index is 10.9. The van der Waals surface area contributed by atoms with Gasteiger partial charge in [-0.2, -0.15) is 0 Å². The van der Waals surface area contributed by atoms with Gasteiger partial charge < -0.3 is 20.4 Å². The zero-order valence-corrected chi connectivity index (χ0v) is 17.3. The summed E-state index contributed by atoms with van der Waals surface area (Å²) in [6.45, 7) is 2.15. The minimum Gasteiger partial charge on any atom is -0.391 e. The van der Waals surface area contributed by atoms with Crippen molar-refractivity contribution in [3.63, 3.8) is 0 Å². The van der Waals surface area contributed by atoms with E-state index in [1.165, 1.54) is 0 Å². The topological polar surface area (TPSA) is 114 Å². The van der Waals surface area contributed by atoms with E-state index >= 15 is 0 Å². The summed E-state index contributed by atoms with van der Waals surface area (Å²) in [4.78, 5) is 23.3. The van der Waals surface area contributed by atoms with Crippen LogP contribution in [0.4, 0.5) is 0 Å². The number of nitrogens with two attached hydrogens (primary N) is 1. The van der Waals surface area contributed by atoms with E-state index in [1.54, 1.807) is 0 Å². The molecule has 1 saturated carbocycles. The third kappa shape index (κ3) is 6.49. The monoisotopic (exact) mass is 418 g/mol. The zero-order chi connectivity index (χ0) is 20.9. The third-order valence-corrected chi connectivity index (χ3v) is 5.70. The highest BCUT2D eigenvalue weighted by Crippen LogP contribution is 2.43. The first-order chi connectivity index (χ1) is 13.7. The van der Waals surface area contributed by atoms with Crippen molar-refractivity contribution in [1.29, 1.82) is 0 Å². The second-order valence-corrected chi connectivity index (χ2v) is 8.86. The van der Waals surface area contributed by atoms with Crippen molar-refractivity contribution in [3.05, 3.63) is 71.3 Å². The summed E-state index contributed by atoms with van der Waals surface area (Å²) in [7, 11) is -4.50. The number of hydrogen-bond donors (Lipinski definition) is 3. The van der Waals surface area contributed by atoms with Crippen molar-refractivity contribution in [2.75, 3.05) is 6.61 Å². The molecule has 8 heteroatoms. The quantitative estimate of drug-likeness (QED) is 0.342. The Morgan fingerprint density at radius 2 is 1.90 bits per heavy atom. The Hall–Kier alpha value is -2.02. The van der Waals surface area contributed by atoms with Crippen LogP contribution in [0.25, 0.3) is 0 Å². The summed E-state index contributed by atoms with van der Waals surface area (Å²) < 4.78 is 15.6. The van der Waals surface area contributed by atoms with Crippen LogP contribution in [0, 0.1) is 0 Å². The molecule has 0 amide bonds. The normalized spacial score (nSPS) is 22.6. The van der Waals surface area contributed by atoms with E-state index in [1.807, 2.05) is 61.5 Å². The fraction of sp³-hybridized carbons (Fsp3) is 0.381. The summed E-state index contributed by atoms with van der Waals surface area (Å²) >= 11 is 0. The first-order valence-corrected chi connectivity index (χ1v) is 11.1. The van der Waals surface area contributed by atoms with E-state index in [2.05, 4.69) is 9.68 Å². The fourth-order valence-electron chi connectivity index (χ4n) is 3.61. The Balaban J connectivity index is 1.52. The van der Waals surface area contributed by atoms with Crippen LogP contribution in [0.1, 0.15) is 48.8 Å². The summed E-state index contributed by atoms with van der Waals surface area (Å²) in [6.07, 6.45) is 2.15. The molecule has 0 spiro atoms. The van der Waals surface area contributed by atoms with Crippen LogP contribution in [-0.2, 0) is 20.5 Å². The average Bonchev–Trinajstić information content (AvgIpc) is 3.10. The molecule has 0 radical (unpaired) electrons. The number of nitrogens with zero attached hydrogens (tertiary/aromatic N) is 1. The molecule has 156 valence electrons. The zero-order valence-electron chi connectivity index (χ0n) is 16.4. The van der Waals surface area contributed by atoms with Crippen LogP contribution in [0.2, 0.25) is 0 Å². The van der Waals surface area contributed by atoms with Gasteiger partial charge in [0.1, 0.15) is 6.61 Å². The summed E-state index contributed by atoms with van der Waals surface area (Å²) in [6, 6.07) is 18.0. The molecule has 2 atom stereocenters. The summed E-state index contributed by atoms with van der Waals surface area (Å²) in [5.41, 5.74) is 9.57. The molecule has 2 aromatic rings. The van der Waals surface area contributed by atoms with Crippen LogP contribution < -0.4 is 5.73 Å². The Morgan fingerprint density at radius 1 is 1.21 bits per heavy atom. The smallest absolute Gasteiger partial charge is 0.391 e. The molecule has 7 nitrogen and oxygen atoms in total. The molecule has 0 unspecified atom stereocenters. The number of benzene rings is 2. The standard InChI is InChI=1S/C21H27N2O5P/c1-16(18-5-3-2-4-6-18)23-27-14-17-7-9-19(10-8-17)20-11-12-21(22,13-20)15-28-29(24,25)26/h2-10,20H,11-15,22H2,1H3,(H2,24,25,26)/b23-16+/t20-,21-/m1/s1. The molecule has 29 heavy (non-hydrogen) atoms. The number of phosphoric acid groups is 1. The van der Waals surface area contributed by atoms with Gasteiger partial charge in [0.2, 0.25) is 0 Å². The van der Waals surface area contributed by atoms with Crippen LogP contribution in [-0.4, -0.2) is 27.6 Å². The largest absolute Gasteiger partial charge is 0.469 e. The highest BCUT2D eigenvalue weighted by Gasteiger charge is 2.38. The molecule has 1 fully saturated rings. The minimum atomic E-state index is -4.50. The molecule has 3 rings (SSSR count). The highest BCUT2D eigenvalue weighted by molar-refractivity contribution is 7.46. The van der Waals surface area contributed by atoms with E-state index in [0.717, 1.165) is 28.8 Å². The summed E-state index contributed by atoms with van der Waals surface area (Å²) in [5, 5.41) is 4.17. The van der Waals surface area contributed by atoms with Crippen molar-refractivity contribution >= 4 is 13.5 Å². The van der Waals surface area contributed by atoms with Crippen LogP contribution in [0.5, 0.6) is 0 Å². The Morgan fingerprint density at radius 3 is 2.55 bits per heavy atom. The van der Waals surface area contributed by atoms with Gasteiger partial charge in [0, 0.05) is 5.54 Å². The lowest BCUT2D eigenvalue weighted by molar-refractivity contribution is 0.130. The predicted octanol–water partition coefficient (Wildman–Crippen LogP) is 3.70. The molecular formula is C21H27N2O5P. The first kappa shape index (κ1) is 21.7. The first-order valence-electron chi connectivity index (χ1n) is 9.54. The Kier molecular flexibility index (Phi) is 6.88. The van der Waals surface area contributed by atoms with Gasteiger partial charge in [-0.3, -0.25) is 4.52 Å². The fourth-order valence-corrected chi connectivity index (χ4v) is 4.03. The van der Waals surface area contributed by atoms with E-state index in [4.69, 9.17) is 20.4 Å². The van der Waals surface area contributed by atoms with Gasteiger partial charge >= 0.3 is 7.82 Å². The average molecular weight is 418 g/mol. The van der Waals surface area contributed by atoms with Crippen molar-refractivity contribution in [1.82, 2.24) is 0 Å². The Labute approximate surface area is 170 Å².